The van der Waals surface area contributed by atoms with Gasteiger partial charge in [-0.1, -0.05) is 34.4 Å². The van der Waals surface area contributed by atoms with E-state index in [9.17, 15) is 9.59 Å². The fourth-order valence-corrected chi connectivity index (χ4v) is 3.80. The Labute approximate surface area is 172 Å². The molecule has 1 aliphatic rings. The molecule has 1 aromatic carbocycles. The molecule has 28 heavy (non-hydrogen) atoms. The van der Waals surface area contributed by atoms with Crippen LogP contribution in [0.3, 0.4) is 0 Å². The summed E-state index contributed by atoms with van der Waals surface area (Å²) < 4.78 is 10.3. The maximum absolute atomic E-state index is 12.9. The summed E-state index contributed by atoms with van der Waals surface area (Å²) in [6, 6.07) is 5.07. The number of aryl methyl sites for hydroxylation is 1. The molecule has 1 aliphatic heterocycles. The first-order chi connectivity index (χ1) is 13.4. The molecule has 1 fully saturated rings. The average molecular weight is 426 g/mol. The first kappa shape index (κ1) is 20.6. The summed E-state index contributed by atoms with van der Waals surface area (Å²) in [5.41, 5.74) is 3.89. The third kappa shape index (κ3) is 4.32. The van der Waals surface area contributed by atoms with Crippen molar-refractivity contribution in [3.05, 3.63) is 39.6 Å². The van der Waals surface area contributed by atoms with E-state index in [2.05, 4.69) is 10.6 Å². The number of hydrogen-bond acceptors (Lipinski definition) is 6. The normalized spacial score (nSPS) is 15.4. The van der Waals surface area contributed by atoms with Crippen LogP contribution in [0.1, 0.15) is 35.9 Å². The zero-order valence-electron chi connectivity index (χ0n) is 15.6. The van der Waals surface area contributed by atoms with Crippen molar-refractivity contribution >= 4 is 35.1 Å². The number of nitrogens with zero attached hydrogens (tertiary/aromatic N) is 2. The van der Waals surface area contributed by atoms with Gasteiger partial charge in [-0.05, 0) is 38.8 Å². The number of hydrazine groups is 1. The Balaban J connectivity index is 1.73. The summed E-state index contributed by atoms with van der Waals surface area (Å²) in [4.78, 5) is 24.7. The van der Waals surface area contributed by atoms with Crippen molar-refractivity contribution in [3.63, 3.8) is 0 Å². The molecular formula is C19H21Cl2N3O4. The van der Waals surface area contributed by atoms with Gasteiger partial charge in [0, 0.05) is 18.7 Å². The molecule has 0 radical (unpaired) electrons. The fraction of sp³-hybridized carbons (Fsp3) is 0.421. The van der Waals surface area contributed by atoms with Crippen LogP contribution in [-0.4, -0.2) is 41.7 Å². The van der Waals surface area contributed by atoms with E-state index in [1.54, 1.807) is 37.1 Å². The van der Waals surface area contributed by atoms with Gasteiger partial charge in [-0.15, -0.1) is 0 Å². The molecule has 7 nitrogen and oxygen atoms in total. The van der Waals surface area contributed by atoms with E-state index in [0.29, 0.717) is 59.6 Å². The molecule has 0 aliphatic carbocycles. The lowest BCUT2D eigenvalue weighted by molar-refractivity contribution is -0.149. The second-order valence-corrected chi connectivity index (χ2v) is 7.33. The van der Waals surface area contributed by atoms with E-state index < -0.39 is 0 Å². The highest BCUT2D eigenvalue weighted by Gasteiger charge is 2.29. The molecule has 1 aromatic heterocycles. The predicted molar refractivity (Wildman–Crippen MR) is 105 cm³/mol. The molecule has 2 heterocycles. The van der Waals surface area contributed by atoms with E-state index in [0.717, 1.165) is 0 Å². The topological polar surface area (TPSA) is 84.7 Å². The zero-order chi connectivity index (χ0) is 20.3. The zero-order valence-corrected chi connectivity index (χ0v) is 17.1. The van der Waals surface area contributed by atoms with Gasteiger partial charge in [0.2, 0.25) is 0 Å². The number of piperidine rings is 1. The van der Waals surface area contributed by atoms with Crippen molar-refractivity contribution in [2.75, 3.05) is 19.7 Å². The first-order valence-corrected chi connectivity index (χ1v) is 9.81. The average Bonchev–Trinajstić information content (AvgIpc) is 3.03. The number of carbonyl (C=O) groups is 2. The van der Waals surface area contributed by atoms with E-state index in [-0.39, 0.29) is 23.4 Å². The lowest BCUT2D eigenvalue weighted by atomic mass is 9.98. The fourth-order valence-electron chi connectivity index (χ4n) is 3.22. The van der Waals surface area contributed by atoms with Gasteiger partial charge in [0.1, 0.15) is 17.0 Å². The molecule has 0 atom stereocenters. The van der Waals surface area contributed by atoms with E-state index in [4.69, 9.17) is 32.5 Å². The maximum Gasteiger partial charge on any atom is 0.309 e. The van der Waals surface area contributed by atoms with Crippen LogP contribution in [0.15, 0.2) is 22.7 Å². The van der Waals surface area contributed by atoms with E-state index in [1.807, 2.05) is 0 Å². The minimum Gasteiger partial charge on any atom is -0.466 e. The highest BCUT2D eigenvalue weighted by atomic mass is 35.5. The smallest absolute Gasteiger partial charge is 0.309 e. The van der Waals surface area contributed by atoms with Crippen LogP contribution in [-0.2, 0) is 9.53 Å². The second-order valence-electron chi connectivity index (χ2n) is 6.51. The molecule has 0 bridgehead atoms. The number of benzene rings is 1. The largest absolute Gasteiger partial charge is 0.466 e. The summed E-state index contributed by atoms with van der Waals surface area (Å²) in [5.74, 6) is -0.314. The van der Waals surface area contributed by atoms with E-state index in [1.165, 1.54) is 0 Å². The van der Waals surface area contributed by atoms with Gasteiger partial charge in [-0.3, -0.25) is 15.0 Å². The van der Waals surface area contributed by atoms with Gasteiger partial charge >= 0.3 is 5.97 Å². The van der Waals surface area contributed by atoms with Crippen molar-refractivity contribution in [2.24, 2.45) is 5.92 Å². The molecular weight excluding hydrogens is 405 g/mol. The summed E-state index contributed by atoms with van der Waals surface area (Å²) in [6.07, 6.45) is 1.23. The lowest BCUT2D eigenvalue weighted by Gasteiger charge is -2.30. The van der Waals surface area contributed by atoms with Crippen molar-refractivity contribution in [3.8, 4) is 11.3 Å². The maximum atomic E-state index is 12.9. The van der Waals surface area contributed by atoms with Gasteiger partial charge in [0.15, 0.2) is 0 Å². The third-order valence-electron chi connectivity index (χ3n) is 4.66. The number of amides is 1. The van der Waals surface area contributed by atoms with Crippen molar-refractivity contribution in [1.29, 1.82) is 0 Å². The molecule has 0 saturated carbocycles. The second kappa shape index (κ2) is 8.94. The quantitative estimate of drug-likeness (QED) is 0.731. The molecule has 1 saturated heterocycles. The Morgan fingerprint density at radius 2 is 1.93 bits per heavy atom. The highest BCUT2D eigenvalue weighted by molar-refractivity contribution is 6.39. The van der Waals surface area contributed by atoms with Gasteiger partial charge in [0.25, 0.3) is 5.91 Å². The summed E-state index contributed by atoms with van der Waals surface area (Å²) in [7, 11) is 0. The molecule has 0 spiro atoms. The number of aromatic nitrogens is 1. The minimum atomic E-state index is -0.362. The number of carbonyl (C=O) groups excluding carboxylic acids is 2. The van der Waals surface area contributed by atoms with Gasteiger partial charge < -0.3 is 9.26 Å². The van der Waals surface area contributed by atoms with Gasteiger partial charge in [0.05, 0.1) is 22.6 Å². The standard InChI is InChI=1S/C19H21Cl2N3O4/c1-3-27-19(26)12-7-9-24(10-8-12)22-18(25)15-11(2)28-23-17(15)16-13(20)5-4-6-14(16)21/h4-6,12H,3,7-10H2,1-2H3,(H,22,25). The Morgan fingerprint density at radius 3 is 2.54 bits per heavy atom. The number of nitrogens with one attached hydrogen (secondary N) is 1. The number of halogens is 2. The van der Waals surface area contributed by atoms with Crippen molar-refractivity contribution in [1.82, 2.24) is 15.6 Å². The molecule has 2 aromatic rings. The van der Waals surface area contributed by atoms with Crippen LogP contribution in [0.2, 0.25) is 10.0 Å². The van der Waals surface area contributed by atoms with Gasteiger partial charge in [-0.2, -0.15) is 0 Å². The summed E-state index contributed by atoms with van der Waals surface area (Å²) in [5, 5.41) is 6.53. The van der Waals surface area contributed by atoms with Crippen LogP contribution in [0.25, 0.3) is 11.3 Å². The van der Waals surface area contributed by atoms with Crippen LogP contribution in [0.4, 0.5) is 0 Å². The molecule has 1 N–H and O–H groups in total. The van der Waals surface area contributed by atoms with Crippen molar-refractivity contribution < 1.29 is 18.8 Å². The van der Waals surface area contributed by atoms with Crippen molar-refractivity contribution in [2.45, 2.75) is 26.7 Å². The first-order valence-electron chi connectivity index (χ1n) is 9.05. The number of rotatable bonds is 5. The number of esters is 1. The number of hydrogen-bond donors (Lipinski definition) is 1. The van der Waals surface area contributed by atoms with Crippen LogP contribution < -0.4 is 5.43 Å². The molecule has 9 heteroatoms. The predicted octanol–water partition coefficient (Wildman–Crippen LogP) is 3.88. The monoisotopic (exact) mass is 425 g/mol. The highest BCUT2D eigenvalue weighted by Crippen LogP contribution is 2.36. The van der Waals surface area contributed by atoms with Crippen LogP contribution >= 0.6 is 23.2 Å². The summed E-state index contributed by atoms with van der Waals surface area (Å²) >= 11 is 12.5. The van der Waals surface area contributed by atoms with Crippen LogP contribution in [0.5, 0.6) is 0 Å². The summed E-state index contributed by atoms with van der Waals surface area (Å²) in [6.45, 7) is 4.90. The molecule has 0 unspecified atom stereocenters. The van der Waals surface area contributed by atoms with Gasteiger partial charge in [-0.25, -0.2) is 5.01 Å². The van der Waals surface area contributed by atoms with E-state index >= 15 is 0 Å². The minimum absolute atomic E-state index is 0.136. The molecule has 3 rings (SSSR count). The van der Waals surface area contributed by atoms with Crippen LogP contribution in [0, 0.1) is 12.8 Å². The lowest BCUT2D eigenvalue weighted by Crippen LogP contribution is -2.47. The SMILES string of the molecule is CCOC(=O)C1CCN(NC(=O)c2c(-c3c(Cl)cccc3Cl)noc2C)CC1. The Kier molecular flexibility index (Phi) is 6.59. The Morgan fingerprint density at radius 1 is 1.29 bits per heavy atom. The number of ether oxygens (including phenoxy) is 1. The Bertz CT molecular complexity index is 856. The third-order valence-corrected chi connectivity index (χ3v) is 5.29. The Hall–Kier alpha value is -2.09. The molecule has 150 valence electrons. The molecule has 1 amide bonds.